The number of carbonyl (C=O) groups excluding carboxylic acids is 2. The SMILES string of the molecule is CCOC(=O)C(C)NC(CCCNC(=O)OC(C)(C)C)COC. The normalized spacial score (nSPS) is 14.0. The van der Waals surface area contributed by atoms with Gasteiger partial charge in [0.25, 0.3) is 0 Å². The van der Waals surface area contributed by atoms with Crippen LogP contribution in [-0.4, -0.2) is 56.6 Å². The van der Waals surface area contributed by atoms with Gasteiger partial charge in [0, 0.05) is 19.7 Å². The van der Waals surface area contributed by atoms with Crippen molar-refractivity contribution < 1.29 is 23.8 Å². The fourth-order valence-electron chi connectivity index (χ4n) is 1.96. The van der Waals surface area contributed by atoms with Crippen LogP contribution in [0.15, 0.2) is 0 Å². The minimum atomic E-state index is -0.501. The molecule has 136 valence electrons. The second-order valence-electron chi connectivity index (χ2n) is 6.36. The van der Waals surface area contributed by atoms with Gasteiger partial charge in [0.2, 0.25) is 0 Å². The number of hydrogen-bond acceptors (Lipinski definition) is 6. The monoisotopic (exact) mass is 332 g/mol. The molecule has 0 saturated heterocycles. The van der Waals surface area contributed by atoms with Gasteiger partial charge in [-0.2, -0.15) is 0 Å². The van der Waals surface area contributed by atoms with Gasteiger partial charge in [-0.05, 0) is 47.5 Å². The molecular formula is C16H32N2O5. The highest BCUT2D eigenvalue weighted by Gasteiger charge is 2.19. The maximum absolute atomic E-state index is 11.6. The zero-order valence-corrected chi connectivity index (χ0v) is 15.2. The number of nitrogens with one attached hydrogen (secondary N) is 2. The molecule has 1 amide bonds. The van der Waals surface area contributed by atoms with Crippen molar-refractivity contribution in [3.63, 3.8) is 0 Å². The van der Waals surface area contributed by atoms with Gasteiger partial charge >= 0.3 is 12.1 Å². The molecule has 0 aliphatic carbocycles. The maximum atomic E-state index is 11.6. The van der Waals surface area contributed by atoms with Crippen molar-refractivity contribution in [3.8, 4) is 0 Å². The van der Waals surface area contributed by atoms with E-state index in [1.54, 1.807) is 21.0 Å². The number of esters is 1. The minimum Gasteiger partial charge on any atom is -0.465 e. The Bertz CT molecular complexity index is 355. The topological polar surface area (TPSA) is 85.9 Å². The summed E-state index contributed by atoms with van der Waals surface area (Å²) in [6.07, 6.45) is 1.08. The first-order valence-corrected chi connectivity index (χ1v) is 8.08. The molecule has 7 heteroatoms. The number of carbonyl (C=O) groups is 2. The molecule has 0 aromatic rings. The first kappa shape index (κ1) is 21.7. The Hall–Kier alpha value is -1.34. The van der Waals surface area contributed by atoms with Crippen LogP contribution in [0.5, 0.6) is 0 Å². The van der Waals surface area contributed by atoms with E-state index in [2.05, 4.69) is 10.6 Å². The van der Waals surface area contributed by atoms with Crippen molar-refractivity contribution in [1.29, 1.82) is 0 Å². The number of methoxy groups -OCH3 is 1. The van der Waals surface area contributed by atoms with Crippen LogP contribution in [0.4, 0.5) is 4.79 Å². The number of alkyl carbamates (subject to hydrolysis) is 1. The molecule has 0 heterocycles. The second-order valence-corrected chi connectivity index (χ2v) is 6.36. The van der Waals surface area contributed by atoms with Crippen molar-refractivity contribution >= 4 is 12.1 Å². The summed E-state index contributed by atoms with van der Waals surface area (Å²) in [5.41, 5.74) is -0.501. The maximum Gasteiger partial charge on any atom is 0.407 e. The molecule has 23 heavy (non-hydrogen) atoms. The Labute approximate surface area is 139 Å². The van der Waals surface area contributed by atoms with Crippen LogP contribution in [-0.2, 0) is 19.0 Å². The lowest BCUT2D eigenvalue weighted by Gasteiger charge is -2.22. The lowest BCUT2D eigenvalue weighted by Crippen LogP contribution is -2.44. The Kier molecular flexibility index (Phi) is 10.6. The molecule has 0 spiro atoms. The number of amides is 1. The van der Waals surface area contributed by atoms with Crippen LogP contribution in [0, 0.1) is 0 Å². The van der Waals surface area contributed by atoms with Gasteiger partial charge in [-0.25, -0.2) is 4.79 Å². The lowest BCUT2D eigenvalue weighted by molar-refractivity contribution is -0.145. The van der Waals surface area contributed by atoms with E-state index in [-0.39, 0.29) is 12.0 Å². The van der Waals surface area contributed by atoms with Crippen LogP contribution in [0.2, 0.25) is 0 Å². The zero-order valence-electron chi connectivity index (χ0n) is 15.2. The van der Waals surface area contributed by atoms with E-state index in [0.717, 1.165) is 12.8 Å². The predicted octanol–water partition coefficient (Wildman–Crippen LogP) is 1.85. The average Bonchev–Trinajstić information content (AvgIpc) is 2.41. The summed E-state index contributed by atoms with van der Waals surface area (Å²) in [4.78, 5) is 23.2. The molecule has 2 atom stereocenters. The van der Waals surface area contributed by atoms with Gasteiger partial charge in [-0.1, -0.05) is 0 Å². The molecule has 0 rings (SSSR count). The smallest absolute Gasteiger partial charge is 0.407 e. The Morgan fingerprint density at radius 1 is 1.22 bits per heavy atom. The summed E-state index contributed by atoms with van der Waals surface area (Å²) >= 11 is 0. The standard InChI is InChI=1S/C16H32N2O5/c1-7-22-14(19)12(2)18-13(11-21-6)9-8-10-17-15(20)23-16(3,4)5/h12-13,18H,7-11H2,1-6H3,(H,17,20). The highest BCUT2D eigenvalue weighted by Crippen LogP contribution is 2.06. The number of rotatable bonds is 10. The van der Waals surface area contributed by atoms with Gasteiger partial charge in [-0.3, -0.25) is 10.1 Å². The second kappa shape index (κ2) is 11.2. The summed E-state index contributed by atoms with van der Waals surface area (Å²) in [7, 11) is 1.61. The van der Waals surface area contributed by atoms with E-state index in [0.29, 0.717) is 19.8 Å². The van der Waals surface area contributed by atoms with Crippen LogP contribution < -0.4 is 10.6 Å². The summed E-state index contributed by atoms with van der Waals surface area (Å²) in [6, 6.07) is -0.381. The van der Waals surface area contributed by atoms with E-state index in [1.807, 2.05) is 20.8 Å². The Balaban J connectivity index is 4.09. The van der Waals surface area contributed by atoms with Gasteiger partial charge in [0.1, 0.15) is 11.6 Å². The first-order chi connectivity index (χ1) is 10.7. The molecule has 0 radical (unpaired) electrons. The number of hydrogen-bond donors (Lipinski definition) is 2. The van der Waals surface area contributed by atoms with Crippen molar-refractivity contribution in [2.45, 2.75) is 65.1 Å². The summed E-state index contributed by atoms with van der Waals surface area (Å²) in [5.74, 6) is -0.277. The van der Waals surface area contributed by atoms with E-state index < -0.39 is 17.7 Å². The third-order valence-corrected chi connectivity index (χ3v) is 2.89. The van der Waals surface area contributed by atoms with Gasteiger partial charge < -0.3 is 19.5 Å². The third-order valence-electron chi connectivity index (χ3n) is 2.89. The molecule has 2 N–H and O–H groups in total. The zero-order chi connectivity index (χ0) is 17.9. The Morgan fingerprint density at radius 3 is 2.39 bits per heavy atom. The van der Waals surface area contributed by atoms with Crippen molar-refractivity contribution in [3.05, 3.63) is 0 Å². The Morgan fingerprint density at radius 2 is 1.87 bits per heavy atom. The average molecular weight is 332 g/mol. The molecule has 0 bridgehead atoms. The highest BCUT2D eigenvalue weighted by molar-refractivity contribution is 5.75. The fourth-order valence-corrected chi connectivity index (χ4v) is 1.96. The van der Waals surface area contributed by atoms with Crippen LogP contribution in [0.3, 0.4) is 0 Å². The molecular weight excluding hydrogens is 300 g/mol. The molecule has 7 nitrogen and oxygen atoms in total. The van der Waals surface area contributed by atoms with E-state index >= 15 is 0 Å². The largest absolute Gasteiger partial charge is 0.465 e. The molecule has 0 aromatic heterocycles. The van der Waals surface area contributed by atoms with E-state index in [4.69, 9.17) is 14.2 Å². The lowest BCUT2D eigenvalue weighted by atomic mass is 10.1. The summed E-state index contributed by atoms with van der Waals surface area (Å²) in [5, 5.41) is 5.90. The molecule has 0 aliphatic heterocycles. The molecule has 0 saturated carbocycles. The predicted molar refractivity (Wildman–Crippen MR) is 88.4 cm³/mol. The van der Waals surface area contributed by atoms with Crippen molar-refractivity contribution in [1.82, 2.24) is 10.6 Å². The molecule has 0 aromatic carbocycles. The van der Waals surface area contributed by atoms with E-state index in [9.17, 15) is 9.59 Å². The van der Waals surface area contributed by atoms with Gasteiger partial charge in [0.05, 0.1) is 13.2 Å². The highest BCUT2D eigenvalue weighted by atomic mass is 16.6. The van der Waals surface area contributed by atoms with Gasteiger partial charge in [0.15, 0.2) is 0 Å². The fraction of sp³-hybridized carbons (Fsp3) is 0.875. The molecule has 0 fully saturated rings. The van der Waals surface area contributed by atoms with Crippen molar-refractivity contribution in [2.75, 3.05) is 26.9 Å². The summed E-state index contributed by atoms with van der Waals surface area (Å²) < 4.78 is 15.3. The van der Waals surface area contributed by atoms with E-state index in [1.165, 1.54) is 0 Å². The van der Waals surface area contributed by atoms with Crippen LogP contribution >= 0.6 is 0 Å². The first-order valence-electron chi connectivity index (χ1n) is 8.08. The van der Waals surface area contributed by atoms with Crippen LogP contribution in [0.1, 0.15) is 47.5 Å². The van der Waals surface area contributed by atoms with Crippen LogP contribution in [0.25, 0.3) is 0 Å². The molecule has 2 unspecified atom stereocenters. The summed E-state index contributed by atoms with van der Waals surface area (Å²) in [6.45, 7) is 10.4. The van der Waals surface area contributed by atoms with Gasteiger partial charge in [-0.15, -0.1) is 0 Å². The number of ether oxygens (including phenoxy) is 3. The minimum absolute atomic E-state index is 0.0137. The molecule has 0 aliphatic rings. The van der Waals surface area contributed by atoms with Crippen molar-refractivity contribution in [2.24, 2.45) is 0 Å². The quantitative estimate of drug-likeness (QED) is 0.469. The third kappa shape index (κ3) is 11.8.